The van der Waals surface area contributed by atoms with Crippen LogP contribution in [0.2, 0.25) is 0 Å². The molecule has 124 valence electrons. The van der Waals surface area contributed by atoms with Crippen molar-refractivity contribution in [2.24, 2.45) is 0 Å². The highest BCUT2D eigenvalue weighted by atomic mass is 79.9. The lowest BCUT2D eigenvalue weighted by molar-refractivity contribution is 0.437. The Morgan fingerprint density at radius 2 is 1.92 bits per heavy atom. The average Bonchev–Trinajstić information content (AvgIpc) is 3.02. The van der Waals surface area contributed by atoms with Gasteiger partial charge < -0.3 is 5.32 Å². The third-order valence-corrected chi connectivity index (χ3v) is 5.12. The van der Waals surface area contributed by atoms with Crippen LogP contribution in [-0.2, 0) is 6.54 Å². The Bertz CT molecular complexity index is 826. The van der Waals surface area contributed by atoms with Crippen molar-refractivity contribution in [2.45, 2.75) is 44.6 Å². The predicted octanol–water partition coefficient (Wildman–Crippen LogP) is 3.94. The second-order valence-electron chi connectivity index (χ2n) is 6.23. The van der Waals surface area contributed by atoms with Crippen LogP contribution in [0, 0.1) is 0 Å². The smallest absolute Gasteiger partial charge is 0.171 e. The van der Waals surface area contributed by atoms with Crippen molar-refractivity contribution in [2.75, 3.05) is 5.32 Å². The Balaban J connectivity index is 1.67. The van der Waals surface area contributed by atoms with Gasteiger partial charge in [-0.3, -0.25) is 0 Å². The molecular weight excluding hydrogens is 368 g/mol. The Morgan fingerprint density at radius 3 is 2.71 bits per heavy atom. The fraction of sp³-hybridized carbons (Fsp3) is 0.412. The molecule has 1 N–H and O–H groups in total. The Hall–Kier alpha value is -2.02. The van der Waals surface area contributed by atoms with Gasteiger partial charge in [0.05, 0.1) is 10.7 Å². The molecule has 1 aliphatic rings. The lowest BCUT2D eigenvalue weighted by Crippen LogP contribution is -2.11. The fourth-order valence-electron chi connectivity index (χ4n) is 3.30. The van der Waals surface area contributed by atoms with Gasteiger partial charge in [0.2, 0.25) is 0 Å². The summed E-state index contributed by atoms with van der Waals surface area (Å²) < 4.78 is 2.77. The normalized spacial score (nSPS) is 15.7. The van der Waals surface area contributed by atoms with Crippen molar-refractivity contribution in [1.29, 1.82) is 0 Å². The van der Waals surface area contributed by atoms with Gasteiger partial charge in [0.1, 0.15) is 12.1 Å². The maximum atomic E-state index is 4.86. The van der Waals surface area contributed by atoms with Gasteiger partial charge >= 0.3 is 0 Å². The first-order chi connectivity index (χ1) is 11.8. The molecule has 6 nitrogen and oxygen atoms in total. The van der Waals surface area contributed by atoms with Crippen molar-refractivity contribution in [3.05, 3.63) is 46.7 Å². The molecule has 0 unspecified atom stereocenters. The van der Waals surface area contributed by atoms with Gasteiger partial charge in [-0.15, -0.1) is 0 Å². The van der Waals surface area contributed by atoms with Crippen LogP contribution >= 0.6 is 15.9 Å². The highest BCUT2D eigenvalue weighted by Crippen LogP contribution is 2.33. The third-order valence-electron chi connectivity index (χ3n) is 4.56. The first-order valence-corrected chi connectivity index (χ1v) is 9.12. The number of anilines is 1. The van der Waals surface area contributed by atoms with Gasteiger partial charge in [-0.1, -0.05) is 19.3 Å². The van der Waals surface area contributed by atoms with Crippen molar-refractivity contribution >= 4 is 27.4 Å². The molecule has 0 aliphatic heterocycles. The number of fused-ring (bicyclic) bond motifs is 1. The molecule has 0 saturated heterocycles. The highest BCUT2D eigenvalue weighted by Gasteiger charge is 2.19. The number of aromatic nitrogens is 5. The molecule has 3 aromatic heterocycles. The van der Waals surface area contributed by atoms with E-state index in [1.165, 1.54) is 32.1 Å². The summed E-state index contributed by atoms with van der Waals surface area (Å²) in [7, 11) is 0. The molecule has 4 rings (SSSR count). The van der Waals surface area contributed by atoms with E-state index in [4.69, 9.17) is 4.98 Å². The van der Waals surface area contributed by atoms with Gasteiger partial charge in [-0.2, -0.15) is 9.61 Å². The molecule has 0 amide bonds. The topological polar surface area (TPSA) is 68.0 Å². The molecule has 7 heteroatoms. The maximum Gasteiger partial charge on any atom is 0.171 e. The van der Waals surface area contributed by atoms with E-state index in [0.29, 0.717) is 12.5 Å². The van der Waals surface area contributed by atoms with Crippen LogP contribution in [0.5, 0.6) is 0 Å². The van der Waals surface area contributed by atoms with Crippen molar-refractivity contribution in [3.8, 4) is 0 Å². The number of rotatable bonds is 4. The zero-order valence-electron chi connectivity index (χ0n) is 13.3. The minimum Gasteiger partial charge on any atom is -0.366 e. The molecule has 3 aromatic rings. The molecule has 0 aromatic carbocycles. The van der Waals surface area contributed by atoms with E-state index in [1.807, 2.05) is 16.9 Å². The second kappa shape index (κ2) is 6.84. The van der Waals surface area contributed by atoms with E-state index >= 15 is 0 Å². The van der Waals surface area contributed by atoms with Crippen LogP contribution in [0.1, 0.15) is 49.3 Å². The first-order valence-electron chi connectivity index (χ1n) is 8.33. The van der Waals surface area contributed by atoms with Gasteiger partial charge in [-0.05, 0) is 28.8 Å². The summed E-state index contributed by atoms with van der Waals surface area (Å²) in [5.74, 6) is 1.50. The molecule has 3 heterocycles. The Labute approximate surface area is 148 Å². The Kier molecular flexibility index (Phi) is 4.42. The zero-order chi connectivity index (χ0) is 16.4. The summed E-state index contributed by atoms with van der Waals surface area (Å²) in [5, 5.41) is 7.89. The lowest BCUT2D eigenvalue weighted by Gasteiger charge is -2.22. The number of hydrogen-bond acceptors (Lipinski definition) is 5. The monoisotopic (exact) mass is 386 g/mol. The second-order valence-corrected chi connectivity index (χ2v) is 7.08. The van der Waals surface area contributed by atoms with Crippen molar-refractivity contribution in [3.63, 3.8) is 0 Å². The predicted molar refractivity (Wildman–Crippen MR) is 95.9 cm³/mol. The van der Waals surface area contributed by atoms with E-state index in [-0.39, 0.29) is 0 Å². The van der Waals surface area contributed by atoms with Gasteiger partial charge in [0, 0.05) is 42.2 Å². The quantitative estimate of drug-likeness (QED) is 0.735. The molecular formula is C17H19BrN6. The molecule has 0 atom stereocenters. The van der Waals surface area contributed by atoms with Gasteiger partial charge in [0.15, 0.2) is 5.65 Å². The minimum atomic E-state index is 0.547. The molecule has 1 aliphatic carbocycles. The summed E-state index contributed by atoms with van der Waals surface area (Å²) in [5.41, 5.74) is 3.06. The molecule has 1 fully saturated rings. The highest BCUT2D eigenvalue weighted by molar-refractivity contribution is 9.10. The van der Waals surface area contributed by atoms with Crippen LogP contribution in [-0.4, -0.2) is 24.6 Å². The summed E-state index contributed by atoms with van der Waals surface area (Å²) in [4.78, 5) is 13.0. The van der Waals surface area contributed by atoms with Crippen molar-refractivity contribution < 1.29 is 0 Å². The van der Waals surface area contributed by atoms with E-state index in [9.17, 15) is 0 Å². The SMILES string of the molecule is Brc1cnn2c(NCc3cncnc3)cc(C3CCCCC3)nc12. The molecule has 0 bridgehead atoms. The van der Waals surface area contributed by atoms with Crippen LogP contribution in [0.4, 0.5) is 5.82 Å². The Morgan fingerprint density at radius 1 is 1.12 bits per heavy atom. The van der Waals surface area contributed by atoms with E-state index in [0.717, 1.165) is 27.2 Å². The number of hydrogen-bond donors (Lipinski definition) is 1. The molecule has 1 saturated carbocycles. The molecule has 0 radical (unpaired) electrons. The minimum absolute atomic E-state index is 0.547. The number of nitrogens with one attached hydrogen (secondary N) is 1. The summed E-state index contributed by atoms with van der Waals surface area (Å²) in [6.07, 6.45) is 13.3. The van der Waals surface area contributed by atoms with Crippen LogP contribution in [0.15, 0.2) is 35.5 Å². The molecule has 24 heavy (non-hydrogen) atoms. The van der Waals surface area contributed by atoms with Crippen LogP contribution < -0.4 is 5.32 Å². The van der Waals surface area contributed by atoms with E-state index in [1.54, 1.807) is 12.5 Å². The van der Waals surface area contributed by atoms with Gasteiger partial charge in [-0.25, -0.2) is 15.0 Å². The first kappa shape index (κ1) is 15.5. The number of halogens is 1. The maximum absolute atomic E-state index is 4.86. The van der Waals surface area contributed by atoms with Crippen LogP contribution in [0.3, 0.4) is 0 Å². The fourth-order valence-corrected chi connectivity index (χ4v) is 3.65. The zero-order valence-corrected chi connectivity index (χ0v) is 14.9. The summed E-state index contributed by atoms with van der Waals surface area (Å²) in [6, 6.07) is 2.15. The molecule has 0 spiro atoms. The van der Waals surface area contributed by atoms with Crippen molar-refractivity contribution in [1.82, 2.24) is 24.6 Å². The lowest BCUT2D eigenvalue weighted by atomic mass is 9.87. The number of nitrogens with zero attached hydrogens (tertiary/aromatic N) is 5. The third kappa shape index (κ3) is 3.13. The van der Waals surface area contributed by atoms with E-state index < -0.39 is 0 Å². The largest absolute Gasteiger partial charge is 0.366 e. The standard InChI is InChI=1S/C17H19BrN6/c18-14-10-22-24-16(21-9-12-7-19-11-20-8-12)6-15(23-17(14)24)13-4-2-1-3-5-13/h6-8,10-11,13,21H,1-5,9H2. The summed E-state index contributed by atoms with van der Waals surface area (Å²) >= 11 is 3.56. The van der Waals surface area contributed by atoms with Crippen LogP contribution in [0.25, 0.3) is 5.65 Å². The summed E-state index contributed by atoms with van der Waals surface area (Å²) in [6.45, 7) is 0.654. The van der Waals surface area contributed by atoms with E-state index in [2.05, 4.69) is 42.4 Å². The average molecular weight is 387 g/mol. The van der Waals surface area contributed by atoms with Gasteiger partial charge in [0.25, 0.3) is 0 Å².